The van der Waals surface area contributed by atoms with Crippen molar-refractivity contribution < 1.29 is 14.3 Å². The Morgan fingerprint density at radius 2 is 1.88 bits per heavy atom. The van der Waals surface area contributed by atoms with Crippen molar-refractivity contribution in [3.8, 4) is 11.5 Å². The van der Waals surface area contributed by atoms with E-state index < -0.39 is 6.03 Å². The normalized spacial score (nSPS) is 10.7. The van der Waals surface area contributed by atoms with Crippen LogP contribution in [0.3, 0.4) is 0 Å². The first-order chi connectivity index (χ1) is 12.5. The van der Waals surface area contributed by atoms with E-state index in [2.05, 4.69) is 10.5 Å². The zero-order valence-corrected chi connectivity index (χ0v) is 15.5. The van der Waals surface area contributed by atoms with Crippen molar-refractivity contribution in [2.24, 2.45) is 10.8 Å². The smallest absolute Gasteiger partial charge is 0.332 e. The molecule has 6 nitrogen and oxygen atoms in total. The molecule has 2 aromatic carbocycles. The Morgan fingerprint density at radius 3 is 2.58 bits per heavy atom. The molecule has 0 aromatic heterocycles. The lowest BCUT2D eigenvalue weighted by Gasteiger charge is -2.13. The Kier molecular flexibility index (Phi) is 7.29. The standard InChI is InChI=1S/C19H22ClN3O3/c1-13-5-3-6-14(2)18(13)26-10-4-9-25-17-8-7-16(20)11-15(17)12-22-23-19(21)24/h3,5-8,11-12H,4,9-10H2,1-2H3,(H3,21,23,24). The van der Waals surface area contributed by atoms with E-state index in [1.807, 2.05) is 32.0 Å². The van der Waals surface area contributed by atoms with Crippen molar-refractivity contribution in [3.05, 3.63) is 58.1 Å². The van der Waals surface area contributed by atoms with Gasteiger partial charge in [0.1, 0.15) is 11.5 Å². The minimum Gasteiger partial charge on any atom is -0.493 e. The largest absolute Gasteiger partial charge is 0.493 e. The number of ether oxygens (including phenoxy) is 2. The van der Waals surface area contributed by atoms with Crippen molar-refractivity contribution in [2.75, 3.05) is 13.2 Å². The van der Waals surface area contributed by atoms with Crippen LogP contribution in [0.15, 0.2) is 41.5 Å². The van der Waals surface area contributed by atoms with Gasteiger partial charge in [-0.3, -0.25) is 0 Å². The molecule has 0 bridgehead atoms. The summed E-state index contributed by atoms with van der Waals surface area (Å²) in [7, 11) is 0. The van der Waals surface area contributed by atoms with Crippen molar-refractivity contribution in [3.63, 3.8) is 0 Å². The predicted octanol–water partition coefficient (Wildman–Crippen LogP) is 3.81. The van der Waals surface area contributed by atoms with E-state index in [9.17, 15) is 4.79 Å². The number of nitrogens with one attached hydrogen (secondary N) is 1. The number of rotatable bonds is 8. The first-order valence-corrected chi connectivity index (χ1v) is 8.55. The summed E-state index contributed by atoms with van der Waals surface area (Å²) in [5, 5.41) is 4.27. The van der Waals surface area contributed by atoms with Gasteiger partial charge in [0.25, 0.3) is 0 Å². The Bertz CT molecular complexity index is 773. The summed E-state index contributed by atoms with van der Waals surface area (Å²) < 4.78 is 11.6. The summed E-state index contributed by atoms with van der Waals surface area (Å²) in [5.74, 6) is 1.53. The maximum Gasteiger partial charge on any atom is 0.332 e. The number of carbonyl (C=O) groups is 1. The van der Waals surface area contributed by atoms with E-state index in [-0.39, 0.29) is 0 Å². The van der Waals surface area contributed by atoms with E-state index in [0.29, 0.717) is 36.0 Å². The van der Waals surface area contributed by atoms with Gasteiger partial charge in [-0.25, -0.2) is 10.2 Å². The van der Waals surface area contributed by atoms with Gasteiger partial charge in [0.15, 0.2) is 0 Å². The summed E-state index contributed by atoms with van der Waals surface area (Å²) in [6.07, 6.45) is 2.14. The lowest BCUT2D eigenvalue weighted by atomic mass is 10.1. The number of hydrogen-bond acceptors (Lipinski definition) is 4. The topological polar surface area (TPSA) is 85.9 Å². The number of benzene rings is 2. The van der Waals surface area contributed by atoms with E-state index in [1.165, 1.54) is 6.21 Å². The molecule has 0 aliphatic heterocycles. The minimum absolute atomic E-state index is 0.469. The summed E-state index contributed by atoms with van der Waals surface area (Å²) in [6.45, 7) is 5.07. The molecular weight excluding hydrogens is 354 g/mol. The van der Waals surface area contributed by atoms with Crippen LogP contribution in [0.5, 0.6) is 11.5 Å². The number of nitrogens with two attached hydrogens (primary N) is 1. The monoisotopic (exact) mass is 375 g/mol. The Balaban J connectivity index is 1.87. The third-order valence-corrected chi connectivity index (χ3v) is 3.79. The third kappa shape index (κ3) is 5.97. The van der Waals surface area contributed by atoms with Crippen LogP contribution < -0.4 is 20.6 Å². The molecule has 26 heavy (non-hydrogen) atoms. The first kappa shape index (κ1) is 19.6. The SMILES string of the molecule is Cc1cccc(C)c1OCCCOc1ccc(Cl)cc1C=NNC(N)=O. The average molecular weight is 376 g/mol. The van der Waals surface area contributed by atoms with E-state index in [1.54, 1.807) is 18.2 Å². The van der Waals surface area contributed by atoms with Gasteiger partial charge in [-0.15, -0.1) is 0 Å². The Labute approximate surface area is 157 Å². The third-order valence-electron chi connectivity index (χ3n) is 3.55. The number of hydrogen-bond donors (Lipinski definition) is 2. The van der Waals surface area contributed by atoms with E-state index >= 15 is 0 Å². The second-order valence-electron chi connectivity index (χ2n) is 5.69. The molecule has 0 atom stereocenters. The molecule has 2 amide bonds. The molecular formula is C19H22ClN3O3. The molecule has 3 N–H and O–H groups in total. The fraction of sp³-hybridized carbons (Fsp3) is 0.263. The highest BCUT2D eigenvalue weighted by Crippen LogP contribution is 2.23. The highest BCUT2D eigenvalue weighted by molar-refractivity contribution is 6.30. The van der Waals surface area contributed by atoms with E-state index in [4.69, 9.17) is 26.8 Å². The van der Waals surface area contributed by atoms with Gasteiger partial charge in [-0.1, -0.05) is 29.8 Å². The zero-order chi connectivity index (χ0) is 18.9. The molecule has 0 aliphatic carbocycles. The van der Waals surface area contributed by atoms with Crippen molar-refractivity contribution in [1.82, 2.24) is 5.43 Å². The van der Waals surface area contributed by atoms with Gasteiger partial charge < -0.3 is 15.2 Å². The highest BCUT2D eigenvalue weighted by Gasteiger charge is 2.05. The number of carbonyl (C=O) groups excluding carboxylic acids is 1. The lowest BCUT2D eigenvalue weighted by Crippen LogP contribution is -2.24. The van der Waals surface area contributed by atoms with Crippen LogP contribution in [-0.4, -0.2) is 25.5 Å². The second-order valence-corrected chi connectivity index (χ2v) is 6.12. The number of nitrogens with zero attached hydrogens (tertiary/aromatic N) is 1. The van der Waals surface area contributed by atoms with Crippen LogP contribution in [-0.2, 0) is 0 Å². The summed E-state index contributed by atoms with van der Waals surface area (Å²) in [4.78, 5) is 10.7. The molecule has 0 spiro atoms. The minimum atomic E-state index is -0.741. The maximum atomic E-state index is 10.7. The number of hydrazone groups is 1. The molecule has 0 saturated carbocycles. The quantitative estimate of drug-likeness (QED) is 0.418. The molecule has 138 valence electrons. The van der Waals surface area contributed by atoms with Crippen molar-refractivity contribution >= 4 is 23.8 Å². The first-order valence-electron chi connectivity index (χ1n) is 8.17. The Morgan fingerprint density at radius 1 is 1.19 bits per heavy atom. The fourth-order valence-corrected chi connectivity index (χ4v) is 2.54. The van der Waals surface area contributed by atoms with Gasteiger partial charge in [-0.2, -0.15) is 5.10 Å². The van der Waals surface area contributed by atoms with Crippen LogP contribution in [0.2, 0.25) is 5.02 Å². The van der Waals surface area contributed by atoms with E-state index in [0.717, 1.165) is 16.9 Å². The molecule has 0 fully saturated rings. The lowest BCUT2D eigenvalue weighted by molar-refractivity contribution is 0.245. The van der Waals surface area contributed by atoms with Gasteiger partial charge in [0, 0.05) is 17.0 Å². The molecule has 0 heterocycles. The van der Waals surface area contributed by atoms with Crippen LogP contribution in [0.1, 0.15) is 23.1 Å². The highest BCUT2D eigenvalue weighted by atomic mass is 35.5. The number of urea groups is 1. The molecule has 0 saturated heterocycles. The Hall–Kier alpha value is -2.73. The van der Waals surface area contributed by atoms with Crippen molar-refractivity contribution in [2.45, 2.75) is 20.3 Å². The average Bonchev–Trinajstić information content (AvgIpc) is 2.58. The van der Waals surface area contributed by atoms with Gasteiger partial charge in [-0.05, 0) is 43.2 Å². The number of amides is 2. The van der Waals surface area contributed by atoms with Crippen LogP contribution in [0, 0.1) is 13.8 Å². The van der Waals surface area contributed by atoms with Crippen LogP contribution in [0.4, 0.5) is 4.79 Å². The van der Waals surface area contributed by atoms with Gasteiger partial charge in [0.05, 0.1) is 19.4 Å². The molecule has 0 radical (unpaired) electrons. The molecule has 0 unspecified atom stereocenters. The van der Waals surface area contributed by atoms with Crippen LogP contribution >= 0.6 is 11.6 Å². The maximum absolute atomic E-state index is 10.7. The van der Waals surface area contributed by atoms with Gasteiger partial charge in [0.2, 0.25) is 0 Å². The summed E-state index contributed by atoms with van der Waals surface area (Å²) in [5.41, 5.74) is 9.98. The molecule has 2 rings (SSSR count). The molecule has 7 heteroatoms. The van der Waals surface area contributed by atoms with Crippen LogP contribution in [0.25, 0.3) is 0 Å². The van der Waals surface area contributed by atoms with Gasteiger partial charge >= 0.3 is 6.03 Å². The second kappa shape index (κ2) is 9.68. The number of para-hydroxylation sites is 1. The summed E-state index contributed by atoms with van der Waals surface area (Å²) >= 11 is 5.99. The number of halogens is 1. The van der Waals surface area contributed by atoms with Crippen molar-refractivity contribution in [1.29, 1.82) is 0 Å². The fourth-order valence-electron chi connectivity index (χ4n) is 2.36. The predicted molar refractivity (Wildman–Crippen MR) is 103 cm³/mol. The zero-order valence-electron chi connectivity index (χ0n) is 14.8. The molecule has 2 aromatic rings. The number of aryl methyl sites for hydroxylation is 2. The molecule has 0 aliphatic rings. The number of primary amides is 1. The summed E-state index contributed by atoms with van der Waals surface area (Å²) in [6, 6.07) is 10.5.